The Morgan fingerprint density at radius 1 is 1.14 bits per heavy atom. The van der Waals surface area contributed by atoms with Crippen LogP contribution in [0.1, 0.15) is 55.0 Å². The van der Waals surface area contributed by atoms with E-state index >= 15 is 0 Å². The van der Waals surface area contributed by atoms with Crippen LogP contribution in [0.15, 0.2) is 60.9 Å². The molecule has 176 valence electrons. The molecule has 35 heavy (non-hydrogen) atoms. The van der Waals surface area contributed by atoms with Gasteiger partial charge in [-0.2, -0.15) is 5.26 Å². The van der Waals surface area contributed by atoms with Gasteiger partial charge in [0.25, 0.3) is 0 Å². The first kappa shape index (κ1) is 23.2. The van der Waals surface area contributed by atoms with Gasteiger partial charge in [-0.05, 0) is 74.1 Å². The average Bonchev–Trinajstić information content (AvgIpc) is 3.38. The predicted molar refractivity (Wildman–Crippen MR) is 138 cm³/mol. The number of fused-ring (bicyclic) bond motifs is 1. The number of aromatic nitrogens is 3. The number of hydrogen-bond acceptors (Lipinski definition) is 7. The Morgan fingerprint density at radius 2 is 2.03 bits per heavy atom. The first-order chi connectivity index (χ1) is 17.1. The summed E-state index contributed by atoms with van der Waals surface area (Å²) in [5.74, 6) is 0.595. The summed E-state index contributed by atoms with van der Waals surface area (Å²) in [6, 6.07) is 18.7. The monoisotopic (exact) mass is 481 g/mol. The Hall–Kier alpha value is -3.60. The summed E-state index contributed by atoms with van der Waals surface area (Å²) in [4.78, 5) is 4.22. The van der Waals surface area contributed by atoms with Crippen molar-refractivity contribution in [2.24, 2.45) is 0 Å². The van der Waals surface area contributed by atoms with E-state index < -0.39 is 0 Å². The third-order valence-electron chi connectivity index (χ3n) is 6.15. The van der Waals surface area contributed by atoms with E-state index in [1.165, 1.54) is 16.7 Å². The zero-order valence-electron chi connectivity index (χ0n) is 19.9. The van der Waals surface area contributed by atoms with E-state index in [-0.39, 0.29) is 6.10 Å². The molecule has 2 aromatic carbocycles. The minimum absolute atomic E-state index is 0.00742. The molecule has 1 unspecified atom stereocenters. The predicted octanol–water partition coefficient (Wildman–Crippen LogP) is 6.09. The second-order valence-electron chi connectivity index (χ2n) is 8.96. The van der Waals surface area contributed by atoms with E-state index in [1.54, 1.807) is 17.5 Å². The molecule has 1 atom stereocenters. The number of nitriles is 1. The molecule has 1 N–H and O–H groups in total. The fourth-order valence-corrected chi connectivity index (χ4v) is 5.45. The van der Waals surface area contributed by atoms with Crippen molar-refractivity contribution in [3.63, 3.8) is 0 Å². The van der Waals surface area contributed by atoms with Crippen LogP contribution in [0.2, 0.25) is 0 Å². The van der Waals surface area contributed by atoms with Crippen LogP contribution in [-0.2, 0) is 13.0 Å². The molecule has 2 aromatic heterocycles. The van der Waals surface area contributed by atoms with E-state index in [2.05, 4.69) is 50.8 Å². The summed E-state index contributed by atoms with van der Waals surface area (Å²) in [7, 11) is 0. The minimum Gasteiger partial charge on any atom is -0.490 e. The molecule has 7 heteroatoms. The molecule has 0 amide bonds. The van der Waals surface area contributed by atoms with Crippen molar-refractivity contribution >= 4 is 11.3 Å². The highest BCUT2D eigenvalue weighted by Gasteiger charge is 2.24. The third-order valence-corrected chi connectivity index (χ3v) is 7.15. The van der Waals surface area contributed by atoms with Gasteiger partial charge in [-0.25, -0.2) is 0 Å². The van der Waals surface area contributed by atoms with Crippen LogP contribution in [0, 0.1) is 11.3 Å². The molecule has 0 spiro atoms. The van der Waals surface area contributed by atoms with Gasteiger partial charge in [0.15, 0.2) is 0 Å². The van der Waals surface area contributed by atoms with Gasteiger partial charge in [0, 0.05) is 36.1 Å². The summed E-state index contributed by atoms with van der Waals surface area (Å²) in [5, 5.41) is 24.0. The van der Waals surface area contributed by atoms with Crippen molar-refractivity contribution in [2.75, 3.05) is 0 Å². The highest BCUT2D eigenvalue weighted by molar-refractivity contribution is 7.17. The molecule has 0 bridgehead atoms. The quantitative estimate of drug-likeness (QED) is 0.344. The summed E-state index contributed by atoms with van der Waals surface area (Å²) in [6.45, 7) is 4.69. The highest BCUT2D eigenvalue weighted by atomic mass is 32.1. The van der Waals surface area contributed by atoms with Crippen LogP contribution in [0.4, 0.5) is 0 Å². The lowest BCUT2D eigenvalue weighted by Crippen LogP contribution is -2.25. The maximum Gasteiger partial charge on any atom is 0.148 e. The zero-order chi connectivity index (χ0) is 24.2. The molecule has 4 aromatic rings. The average molecular weight is 482 g/mol. The normalized spacial score (nSPS) is 15.0. The Morgan fingerprint density at radius 3 is 2.83 bits per heavy atom. The fourth-order valence-electron chi connectivity index (χ4n) is 4.56. The standard InChI is InChI=1S/C28H27N5OS/c1-18(2)34-26-12-11-20(14-21(26)15-29)27-32-33-28(35-27)24-9-3-8-23-22(24)7-4-10-25(23)31-17-19-6-5-13-30-16-19/h3,5-6,8-9,11-14,16,18,25,31H,4,7,10,17H2,1-2H3. The number of ether oxygens (including phenoxy) is 1. The van der Waals surface area contributed by atoms with Crippen LogP contribution < -0.4 is 10.1 Å². The van der Waals surface area contributed by atoms with Gasteiger partial charge in [0.05, 0.1) is 11.7 Å². The second kappa shape index (κ2) is 10.3. The van der Waals surface area contributed by atoms with Gasteiger partial charge < -0.3 is 10.1 Å². The molecule has 0 fully saturated rings. The summed E-state index contributed by atoms with van der Waals surface area (Å²) in [6.07, 6.45) is 6.99. The molecule has 0 radical (unpaired) electrons. The lowest BCUT2D eigenvalue weighted by atomic mass is 9.85. The SMILES string of the molecule is CC(C)Oc1ccc(-c2nnc(-c3cccc4c3CCCC4NCc3cccnc3)s2)cc1C#N. The number of rotatable bonds is 7. The number of pyridine rings is 1. The highest BCUT2D eigenvalue weighted by Crippen LogP contribution is 2.39. The summed E-state index contributed by atoms with van der Waals surface area (Å²) in [5.41, 5.74) is 6.42. The largest absolute Gasteiger partial charge is 0.490 e. The maximum atomic E-state index is 9.59. The van der Waals surface area contributed by atoms with Gasteiger partial charge in [-0.3, -0.25) is 4.98 Å². The molecule has 2 heterocycles. The molecule has 1 aliphatic carbocycles. The number of nitrogens with one attached hydrogen (secondary N) is 1. The van der Waals surface area contributed by atoms with E-state index in [9.17, 15) is 5.26 Å². The molecule has 1 aliphatic rings. The molecule has 0 aliphatic heterocycles. The van der Waals surface area contributed by atoms with E-state index in [1.807, 2.05) is 44.3 Å². The maximum absolute atomic E-state index is 9.59. The zero-order valence-corrected chi connectivity index (χ0v) is 20.7. The smallest absolute Gasteiger partial charge is 0.148 e. The number of nitrogens with zero attached hydrogens (tertiary/aromatic N) is 4. The van der Waals surface area contributed by atoms with Crippen molar-refractivity contribution < 1.29 is 4.74 Å². The molecular weight excluding hydrogens is 454 g/mol. The van der Waals surface area contributed by atoms with Crippen LogP contribution in [0.3, 0.4) is 0 Å². The van der Waals surface area contributed by atoms with Crippen LogP contribution in [0.5, 0.6) is 5.75 Å². The van der Waals surface area contributed by atoms with Crippen molar-refractivity contribution in [2.45, 2.75) is 51.8 Å². The van der Waals surface area contributed by atoms with E-state index in [0.29, 0.717) is 17.4 Å². The van der Waals surface area contributed by atoms with Gasteiger partial charge >= 0.3 is 0 Å². The van der Waals surface area contributed by atoms with Crippen molar-refractivity contribution in [3.05, 3.63) is 83.2 Å². The lowest BCUT2D eigenvalue weighted by molar-refractivity contribution is 0.242. The first-order valence-electron chi connectivity index (χ1n) is 11.9. The topological polar surface area (TPSA) is 83.7 Å². The third kappa shape index (κ3) is 5.09. The van der Waals surface area contributed by atoms with Crippen molar-refractivity contribution in [1.29, 1.82) is 5.26 Å². The molecular formula is C28H27N5OS. The molecule has 0 saturated heterocycles. The summed E-state index contributed by atoms with van der Waals surface area (Å²) >= 11 is 1.56. The Bertz CT molecular complexity index is 1360. The fraction of sp³-hybridized carbons (Fsp3) is 0.286. The molecule has 0 saturated carbocycles. The van der Waals surface area contributed by atoms with Crippen molar-refractivity contribution in [3.8, 4) is 33.0 Å². The Kier molecular flexibility index (Phi) is 6.84. The molecule has 6 nitrogen and oxygen atoms in total. The van der Waals surface area contributed by atoms with Crippen LogP contribution in [0.25, 0.3) is 21.1 Å². The number of benzene rings is 2. The van der Waals surface area contributed by atoms with Gasteiger partial charge in [0.1, 0.15) is 21.8 Å². The molecule has 5 rings (SSSR count). The van der Waals surface area contributed by atoms with Crippen molar-refractivity contribution in [1.82, 2.24) is 20.5 Å². The van der Waals surface area contributed by atoms with Crippen LogP contribution >= 0.6 is 11.3 Å². The van der Waals surface area contributed by atoms with E-state index in [4.69, 9.17) is 4.74 Å². The minimum atomic E-state index is 0.00742. The lowest BCUT2D eigenvalue weighted by Gasteiger charge is -2.28. The van der Waals surface area contributed by atoms with E-state index in [0.717, 1.165) is 46.9 Å². The Labute approximate surface area is 209 Å². The van der Waals surface area contributed by atoms with Crippen LogP contribution in [-0.4, -0.2) is 21.3 Å². The van der Waals surface area contributed by atoms with Gasteiger partial charge in [0.2, 0.25) is 0 Å². The summed E-state index contributed by atoms with van der Waals surface area (Å²) < 4.78 is 5.76. The van der Waals surface area contributed by atoms with Gasteiger partial charge in [-0.1, -0.05) is 35.6 Å². The second-order valence-corrected chi connectivity index (χ2v) is 9.94. The van der Waals surface area contributed by atoms with Gasteiger partial charge in [-0.15, -0.1) is 10.2 Å². The first-order valence-corrected chi connectivity index (χ1v) is 12.7. The number of hydrogen-bond donors (Lipinski definition) is 1. The Balaban J connectivity index is 1.41.